The van der Waals surface area contributed by atoms with Crippen LogP contribution in [0.5, 0.6) is 5.75 Å². The Hall–Kier alpha value is -3.14. The van der Waals surface area contributed by atoms with E-state index in [0.29, 0.717) is 40.8 Å². The molecule has 2 N–H and O–H groups in total. The highest BCUT2D eigenvalue weighted by atomic mass is 32.2. The van der Waals surface area contributed by atoms with Crippen molar-refractivity contribution < 1.29 is 31.9 Å². The number of carbonyl (C=O) groups excluding carboxylic acids is 2. The van der Waals surface area contributed by atoms with Crippen molar-refractivity contribution in [2.45, 2.75) is 109 Å². The van der Waals surface area contributed by atoms with Gasteiger partial charge in [0, 0.05) is 18.0 Å². The van der Waals surface area contributed by atoms with Gasteiger partial charge in [0.05, 0.1) is 11.2 Å². The van der Waals surface area contributed by atoms with E-state index in [0.717, 1.165) is 25.7 Å². The van der Waals surface area contributed by atoms with Crippen LogP contribution in [0.1, 0.15) is 97.1 Å². The zero-order valence-electron chi connectivity index (χ0n) is 25.4. The molecule has 2 aliphatic rings. The maximum atomic E-state index is 15.3. The molecule has 2 fully saturated rings. The second-order valence-electron chi connectivity index (χ2n) is 12.9. The maximum absolute atomic E-state index is 15.3. The molecule has 42 heavy (non-hydrogen) atoms. The van der Waals surface area contributed by atoms with Gasteiger partial charge in [-0.3, -0.25) is 9.52 Å². The SMILES string of the molecule is CCS(=O)(=O)NC(=O)C(C)(C)c1ccc(O[C@@H]2CC[C@@H](NC(=O)OC(C)(C)C)C2)c(-c2cccc(F)c2C2CCC2)c1. The molecule has 0 saturated heterocycles. The van der Waals surface area contributed by atoms with Gasteiger partial charge in [0.25, 0.3) is 0 Å². The number of carbonyl (C=O) groups is 2. The number of hydrogen-bond donors (Lipinski definition) is 2. The molecule has 4 rings (SSSR count). The zero-order valence-corrected chi connectivity index (χ0v) is 26.2. The Balaban J connectivity index is 1.67. The minimum Gasteiger partial charge on any atom is -0.490 e. The van der Waals surface area contributed by atoms with Crippen molar-refractivity contribution in [2.24, 2.45) is 0 Å². The molecule has 2 aromatic carbocycles. The highest BCUT2D eigenvalue weighted by Gasteiger charge is 2.35. The second kappa shape index (κ2) is 12.2. The molecule has 8 nitrogen and oxygen atoms in total. The molecule has 2 saturated carbocycles. The molecule has 10 heteroatoms. The van der Waals surface area contributed by atoms with Gasteiger partial charge >= 0.3 is 6.09 Å². The molecule has 0 spiro atoms. The van der Waals surface area contributed by atoms with Crippen LogP contribution in [0.3, 0.4) is 0 Å². The molecule has 2 aromatic rings. The van der Waals surface area contributed by atoms with E-state index >= 15 is 4.39 Å². The number of ether oxygens (including phenoxy) is 2. The van der Waals surface area contributed by atoms with Crippen molar-refractivity contribution >= 4 is 22.0 Å². The van der Waals surface area contributed by atoms with Crippen LogP contribution in [0.15, 0.2) is 36.4 Å². The minimum atomic E-state index is -3.75. The number of alkyl carbamates (subject to hydrolysis) is 1. The van der Waals surface area contributed by atoms with E-state index in [1.807, 2.05) is 32.9 Å². The number of nitrogens with one attached hydrogen (secondary N) is 2. The molecule has 0 aliphatic heterocycles. The Morgan fingerprint density at radius 3 is 2.33 bits per heavy atom. The summed E-state index contributed by atoms with van der Waals surface area (Å²) in [6.45, 7) is 10.2. The van der Waals surface area contributed by atoms with E-state index < -0.39 is 33.0 Å². The fraction of sp³-hybridized carbons (Fsp3) is 0.562. The van der Waals surface area contributed by atoms with Gasteiger partial charge in [-0.25, -0.2) is 17.6 Å². The van der Waals surface area contributed by atoms with Crippen LogP contribution in [-0.2, 0) is 25.0 Å². The molecule has 0 heterocycles. The molecular formula is C32H43FN2O6S. The molecule has 0 aromatic heterocycles. The summed E-state index contributed by atoms with van der Waals surface area (Å²) in [6.07, 6.45) is 4.19. The summed E-state index contributed by atoms with van der Waals surface area (Å²) in [5, 5.41) is 2.92. The molecule has 230 valence electrons. The maximum Gasteiger partial charge on any atom is 0.407 e. The first-order valence-corrected chi connectivity index (χ1v) is 16.4. The molecule has 0 bridgehead atoms. The highest BCUT2D eigenvalue weighted by molar-refractivity contribution is 7.90. The molecule has 0 radical (unpaired) electrons. The van der Waals surface area contributed by atoms with Gasteiger partial charge < -0.3 is 14.8 Å². The standard InChI is InChI=1S/C32H43FN2O6S/c1-7-42(38,39)35-29(36)32(5,6)21-14-17-27(40-23-16-15-22(19-23)34-30(37)41-31(2,3)4)25(18-21)24-12-9-13-26(33)28(24)20-10-8-11-20/h9,12-14,17-18,20,22-23H,7-8,10-11,15-16,19H2,1-6H3,(H,34,37)(H,35,36)/t22-,23-/m1/s1. The minimum absolute atomic E-state index is 0.0950. The Kier molecular flexibility index (Phi) is 9.25. The van der Waals surface area contributed by atoms with Crippen molar-refractivity contribution in [1.29, 1.82) is 0 Å². The van der Waals surface area contributed by atoms with Crippen molar-refractivity contribution in [3.63, 3.8) is 0 Å². The second-order valence-corrected chi connectivity index (χ2v) is 14.9. The number of sulfonamides is 1. The fourth-order valence-corrected chi connectivity index (χ4v) is 6.10. The Labute approximate surface area is 248 Å². The molecule has 2 atom stereocenters. The Bertz CT molecular complexity index is 1430. The van der Waals surface area contributed by atoms with Gasteiger partial charge in [-0.05, 0) is 108 Å². The quantitative estimate of drug-likeness (QED) is 0.347. The Morgan fingerprint density at radius 1 is 1.00 bits per heavy atom. The third kappa shape index (κ3) is 7.43. The first-order chi connectivity index (χ1) is 19.6. The summed E-state index contributed by atoms with van der Waals surface area (Å²) in [5.41, 5.74) is 0.775. The van der Waals surface area contributed by atoms with E-state index in [1.54, 1.807) is 32.0 Å². The summed E-state index contributed by atoms with van der Waals surface area (Å²) in [6, 6.07) is 10.3. The number of halogens is 1. The third-order valence-electron chi connectivity index (χ3n) is 8.15. The van der Waals surface area contributed by atoms with Gasteiger partial charge in [-0.15, -0.1) is 0 Å². The van der Waals surface area contributed by atoms with Crippen LogP contribution >= 0.6 is 0 Å². The summed E-state index contributed by atoms with van der Waals surface area (Å²) < 4.78 is 53.7. The lowest BCUT2D eigenvalue weighted by molar-refractivity contribution is -0.123. The lowest BCUT2D eigenvalue weighted by atomic mass is 9.76. The van der Waals surface area contributed by atoms with Crippen LogP contribution in [0.25, 0.3) is 11.1 Å². The van der Waals surface area contributed by atoms with Gasteiger partial charge in [0.1, 0.15) is 23.3 Å². The van der Waals surface area contributed by atoms with Crippen molar-refractivity contribution in [2.75, 3.05) is 5.75 Å². The van der Waals surface area contributed by atoms with E-state index in [-0.39, 0.29) is 29.6 Å². The van der Waals surface area contributed by atoms with E-state index in [4.69, 9.17) is 9.47 Å². The Morgan fingerprint density at radius 2 is 1.71 bits per heavy atom. The summed E-state index contributed by atoms with van der Waals surface area (Å²) in [4.78, 5) is 25.4. The first-order valence-electron chi connectivity index (χ1n) is 14.7. The number of hydrogen-bond acceptors (Lipinski definition) is 6. The largest absolute Gasteiger partial charge is 0.490 e. The average molecular weight is 603 g/mol. The number of amides is 2. The van der Waals surface area contributed by atoms with Crippen LogP contribution in [-0.4, -0.2) is 43.9 Å². The van der Waals surface area contributed by atoms with E-state index in [9.17, 15) is 18.0 Å². The van der Waals surface area contributed by atoms with Crippen molar-refractivity contribution in [3.05, 3.63) is 53.3 Å². The predicted molar refractivity (Wildman–Crippen MR) is 160 cm³/mol. The lowest BCUT2D eigenvalue weighted by Crippen LogP contribution is -2.43. The summed E-state index contributed by atoms with van der Waals surface area (Å²) in [7, 11) is -3.75. The van der Waals surface area contributed by atoms with Gasteiger partial charge in [-0.2, -0.15) is 0 Å². The molecule has 2 amide bonds. The van der Waals surface area contributed by atoms with Gasteiger partial charge in [-0.1, -0.05) is 24.6 Å². The third-order valence-corrected chi connectivity index (χ3v) is 9.41. The highest BCUT2D eigenvalue weighted by Crippen LogP contribution is 2.46. The monoisotopic (exact) mass is 602 g/mol. The molecule has 2 aliphatic carbocycles. The van der Waals surface area contributed by atoms with Crippen molar-refractivity contribution in [1.82, 2.24) is 10.0 Å². The van der Waals surface area contributed by atoms with Crippen LogP contribution < -0.4 is 14.8 Å². The number of rotatable bonds is 9. The average Bonchev–Trinajstić information content (AvgIpc) is 3.29. The van der Waals surface area contributed by atoms with Crippen LogP contribution in [0, 0.1) is 5.82 Å². The van der Waals surface area contributed by atoms with Gasteiger partial charge in [0.2, 0.25) is 15.9 Å². The summed E-state index contributed by atoms with van der Waals surface area (Å²) in [5.74, 6) is -0.495. The van der Waals surface area contributed by atoms with Crippen LogP contribution in [0.2, 0.25) is 0 Å². The first kappa shape index (κ1) is 31.8. The predicted octanol–water partition coefficient (Wildman–Crippen LogP) is 6.33. The van der Waals surface area contributed by atoms with Crippen LogP contribution in [0.4, 0.5) is 9.18 Å². The lowest BCUT2D eigenvalue weighted by Gasteiger charge is -2.30. The molecular weight excluding hydrogens is 559 g/mol. The number of benzene rings is 2. The summed E-state index contributed by atoms with van der Waals surface area (Å²) >= 11 is 0. The normalized spacial score (nSPS) is 19.6. The topological polar surface area (TPSA) is 111 Å². The molecule has 0 unspecified atom stereocenters. The van der Waals surface area contributed by atoms with Crippen molar-refractivity contribution in [3.8, 4) is 16.9 Å². The van der Waals surface area contributed by atoms with Gasteiger partial charge in [0.15, 0.2) is 0 Å². The fourth-order valence-electron chi connectivity index (χ4n) is 5.42. The zero-order chi connectivity index (χ0) is 30.9. The van der Waals surface area contributed by atoms with E-state index in [1.165, 1.54) is 13.0 Å². The smallest absolute Gasteiger partial charge is 0.407 e. The van der Waals surface area contributed by atoms with E-state index in [2.05, 4.69) is 10.0 Å².